The minimum atomic E-state index is -0.283. The molecule has 4 nitrogen and oxygen atoms in total. The predicted molar refractivity (Wildman–Crippen MR) is 117 cm³/mol. The molecule has 0 bridgehead atoms. The van der Waals surface area contributed by atoms with Crippen molar-refractivity contribution < 1.29 is 13.9 Å². The van der Waals surface area contributed by atoms with Crippen LogP contribution in [-0.2, 0) is 4.79 Å². The van der Waals surface area contributed by atoms with E-state index in [0.29, 0.717) is 6.54 Å². The fourth-order valence-electron chi connectivity index (χ4n) is 4.04. The summed E-state index contributed by atoms with van der Waals surface area (Å²) in [5.41, 5.74) is 2.08. The highest BCUT2D eigenvalue weighted by Gasteiger charge is 2.28. The second kappa shape index (κ2) is 9.41. The predicted octanol–water partition coefficient (Wildman–Crippen LogP) is 4.94. The van der Waals surface area contributed by atoms with Crippen LogP contribution in [0.3, 0.4) is 0 Å². The molecule has 156 valence electrons. The number of amides is 1. The summed E-state index contributed by atoms with van der Waals surface area (Å²) in [6.45, 7) is 1.23. The van der Waals surface area contributed by atoms with Gasteiger partial charge >= 0.3 is 0 Å². The van der Waals surface area contributed by atoms with E-state index in [1.807, 2.05) is 29.6 Å². The van der Waals surface area contributed by atoms with Gasteiger partial charge in [-0.3, -0.25) is 9.69 Å². The Kier molecular flexibility index (Phi) is 6.45. The van der Waals surface area contributed by atoms with E-state index in [4.69, 9.17) is 4.74 Å². The molecule has 2 atom stereocenters. The third-order valence-corrected chi connectivity index (χ3v) is 6.48. The van der Waals surface area contributed by atoms with Crippen molar-refractivity contribution in [2.75, 3.05) is 20.2 Å². The average Bonchev–Trinajstić information content (AvgIpc) is 3.45. The van der Waals surface area contributed by atoms with E-state index in [9.17, 15) is 9.18 Å². The standard InChI is InChI=1S/C24H25FN2O2S/c1-29-20-12-8-17(9-13-20)21-4-2-14-27(21)16-23(28)26-24(22-5-3-15-30-22)18-6-10-19(25)11-7-18/h3,5-13,15,21,24H,2,4,14,16H2,1H3,(H,26,28). The van der Waals surface area contributed by atoms with Gasteiger partial charge in [-0.15, -0.1) is 11.3 Å². The van der Waals surface area contributed by atoms with Crippen molar-refractivity contribution in [3.05, 3.63) is 87.9 Å². The van der Waals surface area contributed by atoms with Crippen molar-refractivity contribution in [2.45, 2.75) is 24.9 Å². The molecular weight excluding hydrogens is 399 g/mol. The topological polar surface area (TPSA) is 41.6 Å². The van der Waals surface area contributed by atoms with Crippen LogP contribution in [0.5, 0.6) is 5.75 Å². The fraction of sp³-hybridized carbons (Fsp3) is 0.292. The fourth-order valence-corrected chi connectivity index (χ4v) is 4.84. The number of nitrogens with one attached hydrogen (secondary N) is 1. The van der Waals surface area contributed by atoms with Gasteiger partial charge in [0.05, 0.1) is 19.7 Å². The number of likely N-dealkylation sites (tertiary alicyclic amines) is 1. The first-order valence-corrected chi connectivity index (χ1v) is 11.0. The molecule has 2 aromatic carbocycles. The molecule has 1 aromatic heterocycles. The first-order chi connectivity index (χ1) is 14.6. The van der Waals surface area contributed by atoms with Crippen LogP contribution in [-0.4, -0.2) is 31.0 Å². The molecular formula is C24H25FN2O2S. The Bertz CT molecular complexity index is 958. The van der Waals surface area contributed by atoms with Gasteiger partial charge in [0.15, 0.2) is 0 Å². The number of ether oxygens (including phenoxy) is 1. The first-order valence-electron chi connectivity index (χ1n) is 10.1. The number of hydrogen-bond acceptors (Lipinski definition) is 4. The molecule has 1 saturated heterocycles. The summed E-state index contributed by atoms with van der Waals surface area (Å²) in [5.74, 6) is 0.520. The molecule has 0 saturated carbocycles. The number of methoxy groups -OCH3 is 1. The zero-order valence-electron chi connectivity index (χ0n) is 16.9. The highest BCUT2D eigenvalue weighted by molar-refractivity contribution is 7.10. The van der Waals surface area contributed by atoms with Crippen LogP contribution in [0.25, 0.3) is 0 Å². The summed E-state index contributed by atoms with van der Waals surface area (Å²) in [6.07, 6.45) is 2.10. The molecule has 2 heterocycles. The smallest absolute Gasteiger partial charge is 0.234 e. The Balaban J connectivity index is 1.46. The van der Waals surface area contributed by atoms with E-state index in [0.717, 1.165) is 35.6 Å². The summed E-state index contributed by atoms with van der Waals surface area (Å²) in [5, 5.41) is 5.14. The van der Waals surface area contributed by atoms with E-state index in [-0.39, 0.29) is 23.8 Å². The van der Waals surface area contributed by atoms with Crippen LogP contribution in [0.1, 0.15) is 40.9 Å². The Labute approximate surface area is 180 Å². The molecule has 6 heteroatoms. The maximum absolute atomic E-state index is 13.4. The quantitative estimate of drug-likeness (QED) is 0.584. The molecule has 1 aliphatic heterocycles. The van der Waals surface area contributed by atoms with Crippen LogP contribution < -0.4 is 10.1 Å². The molecule has 1 fully saturated rings. The van der Waals surface area contributed by atoms with Crippen LogP contribution in [0.15, 0.2) is 66.0 Å². The Morgan fingerprint density at radius 2 is 1.97 bits per heavy atom. The lowest BCUT2D eigenvalue weighted by Gasteiger charge is -2.26. The lowest BCUT2D eigenvalue weighted by molar-refractivity contribution is -0.123. The maximum Gasteiger partial charge on any atom is 0.234 e. The summed E-state index contributed by atoms with van der Waals surface area (Å²) in [7, 11) is 1.66. The maximum atomic E-state index is 13.4. The number of rotatable bonds is 7. The number of carbonyl (C=O) groups excluding carboxylic acids is 1. The summed E-state index contributed by atoms with van der Waals surface area (Å²) in [4.78, 5) is 16.2. The van der Waals surface area contributed by atoms with Gasteiger partial charge in [0.1, 0.15) is 11.6 Å². The van der Waals surface area contributed by atoms with E-state index in [2.05, 4.69) is 22.3 Å². The van der Waals surface area contributed by atoms with Gasteiger partial charge in [0.2, 0.25) is 5.91 Å². The molecule has 0 spiro atoms. The van der Waals surface area contributed by atoms with Crippen molar-refractivity contribution in [3.63, 3.8) is 0 Å². The molecule has 1 aliphatic rings. The zero-order valence-corrected chi connectivity index (χ0v) is 17.7. The molecule has 3 aromatic rings. The van der Waals surface area contributed by atoms with Crippen LogP contribution >= 0.6 is 11.3 Å². The van der Waals surface area contributed by atoms with E-state index < -0.39 is 0 Å². The van der Waals surface area contributed by atoms with Gasteiger partial charge in [0.25, 0.3) is 0 Å². The second-order valence-electron chi connectivity index (χ2n) is 7.47. The van der Waals surface area contributed by atoms with Crippen LogP contribution in [0.4, 0.5) is 4.39 Å². The van der Waals surface area contributed by atoms with Gasteiger partial charge in [-0.2, -0.15) is 0 Å². The number of carbonyl (C=O) groups is 1. The number of hydrogen-bond donors (Lipinski definition) is 1. The summed E-state index contributed by atoms with van der Waals surface area (Å²) < 4.78 is 18.6. The Hall–Kier alpha value is -2.70. The highest BCUT2D eigenvalue weighted by atomic mass is 32.1. The van der Waals surface area contributed by atoms with Crippen molar-refractivity contribution >= 4 is 17.2 Å². The largest absolute Gasteiger partial charge is 0.497 e. The second-order valence-corrected chi connectivity index (χ2v) is 8.45. The highest BCUT2D eigenvalue weighted by Crippen LogP contribution is 2.33. The minimum absolute atomic E-state index is 0.0295. The zero-order chi connectivity index (χ0) is 20.9. The van der Waals surface area contributed by atoms with Gasteiger partial charge in [0, 0.05) is 10.9 Å². The molecule has 1 N–H and O–H groups in total. The van der Waals surface area contributed by atoms with E-state index in [1.54, 1.807) is 30.6 Å². The number of thiophene rings is 1. The molecule has 4 rings (SSSR count). The van der Waals surface area contributed by atoms with Gasteiger partial charge in [-0.1, -0.05) is 30.3 Å². The number of nitrogens with zero attached hydrogens (tertiary/aromatic N) is 1. The number of benzene rings is 2. The van der Waals surface area contributed by atoms with Gasteiger partial charge < -0.3 is 10.1 Å². The Morgan fingerprint density at radius 1 is 1.20 bits per heavy atom. The van der Waals surface area contributed by atoms with Gasteiger partial charge in [-0.25, -0.2) is 4.39 Å². The lowest BCUT2D eigenvalue weighted by atomic mass is 10.0. The Morgan fingerprint density at radius 3 is 2.63 bits per heavy atom. The van der Waals surface area contributed by atoms with Crippen LogP contribution in [0, 0.1) is 5.82 Å². The summed E-state index contributed by atoms with van der Waals surface area (Å²) >= 11 is 1.58. The SMILES string of the molecule is COc1ccc(C2CCCN2CC(=O)NC(c2ccc(F)cc2)c2cccs2)cc1. The van der Waals surface area contributed by atoms with Crippen molar-refractivity contribution in [2.24, 2.45) is 0 Å². The molecule has 2 unspecified atom stereocenters. The normalized spacial score (nSPS) is 17.6. The lowest BCUT2D eigenvalue weighted by Crippen LogP contribution is -2.38. The third kappa shape index (κ3) is 4.71. The van der Waals surface area contributed by atoms with Gasteiger partial charge in [-0.05, 0) is 66.2 Å². The van der Waals surface area contributed by atoms with Crippen molar-refractivity contribution in [3.8, 4) is 5.75 Å². The minimum Gasteiger partial charge on any atom is -0.497 e. The average molecular weight is 425 g/mol. The third-order valence-electron chi connectivity index (χ3n) is 5.55. The summed E-state index contributed by atoms with van der Waals surface area (Å²) in [6, 6.07) is 18.3. The molecule has 0 aliphatic carbocycles. The molecule has 0 radical (unpaired) electrons. The molecule has 1 amide bonds. The number of halogens is 1. The van der Waals surface area contributed by atoms with Crippen LogP contribution in [0.2, 0.25) is 0 Å². The first kappa shape index (κ1) is 20.6. The molecule has 30 heavy (non-hydrogen) atoms. The van der Waals surface area contributed by atoms with Crippen molar-refractivity contribution in [1.29, 1.82) is 0 Å². The van der Waals surface area contributed by atoms with E-state index in [1.165, 1.54) is 17.7 Å². The monoisotopic (exact) mass is 424 g/mol. The van der Waals surface area contributed by atoms with E-state index >= 15 is 0 Å². The van der Waals surface area contributed by atoms with Crippen molar-refractivity contribution in [1.82, 2.24) is 10.2 Å².